The molecule has 4 rings (SSSR count). The van der Waals surface area contributed by atoms with E-state index in [0.29, 0.717) is 18.0 Å². The highest BCUT2D eigenvalue weighted by molar-refractivity contribution is 5.90. The lowest BCUT2D eigenvalue weighted by molar-refractivity contribution is 0.0934. The summed E-state index contributed by atoms with van der Waals surface area (Å²) in [5.41, 5.74) is 1.67. The number of hydrogen-bond acceptors (Lipinski definition) is 5. The van der Waals surface area contributed by atoms with Crippen LogP contribution in [0.1, 0.15) is 35.4 Å². The van der Waals surface area contributed by atoms with Crippen LogP contribution in [0.4, 0.5) is 8.78 Å². The molecule has 1 aromatic heterocycles. The van der Waals surface area contributed by atoms with Crippen molar-refractivity contribution < 1.29 is 18.1 Å². The van der Waals surface area contributed by atoms with Crippen LogP contribution in [0.25, 0.3) is 11.5 Å². The van der Waals surface area contributed by atoms with E-state index in [-0.39, 0.29) is 29.3 Å². The van der Waals surface area contributed by atoms with Crippen molar-refractivity contribution in [3.05, 3.63) is 71.6 Å². The molecule has 1 aliphatic heterocycles. The molecule has 0 bridgehead atoms. The van der Waals surface area contributed by atoms with Gasteiger partial charge in [-0.05, 0) is 80.2 Å². The molecule has 1 fully saturated rings. The topological polar surface area (TPSA) is 71.3 Å². The lowest BCUT2D eigenvalue weighted by Gasteiger charge is -2.32. The largest absolute Gasteiger partial charge is 0.349 e. The van der Waals surface area contributed by atoms with Crippen molar-refractivity contribution in [2.75, 3.05) is 19.6 Å². The zero-order valence-electron chi connectivity index (χ0n) is 17.1. The Morgan fingerprint density at radius 1 is 1.03 bits per heavy atom. The quantitative estimate of drug-likeness (QED) is 0.617. The van der Waals surface area contributed by atoms with Crippen LogP contribution in [-0.2, 0) is 6.54 Å². The predicted molar refractivity (Wildman–Crippen MR) is 111 cm³/mol. The third-order valence-electron chi connectivity index (χ3n) is 5.59. The van der Waals surface area contributed by atoms with Crippen LogP contribution in [0.3, 0.4) is 0 Å². The molecule has 1 amide bonds. The average molecular weight is 426 g/mol. The van der Waals surface area contributed by atoms with Crippen LogP contribution in [0.2, 0.25) is 0 Å². The van der Waals surface area contributed by atoms with E-state index >= 15 is 0 Å². The van der Waals surface area contributed by atoms with E-state index in [1.165, 1.54) is 36.4 Å². The van der Waals surface area contributed by atoms with Crippen molar-refractivity contribution in [2.45, 2.75) is 25.8 Å². The number of likely N-dealkylation sites (tertiary alicyclic amines) is 1. The Hall–Kier alpha value is -3.13. The van der Waals surface area contributed by atoms with Gasteiger partial charge in [0, 0.05) is 18.7 Å². The molecular weight excluding hydrogens is 402 g/mol. The number of carbonyl (C=O) groups excluding carboxylic acids is 1. The number of carbonyl (C=O) groups is 1. The van der Waals surface area contributed by atoms with Gasteiger partial charge in [0.15, 0.2) is 0 Å². The third kappa shape index (κ3) is 5.73. The fourth-order valence-corrected chi connectivity index (χ4v) is 3.78. The molecule has 0 unspecified atom stereocenters. The van der Waals surface area contributed by atoms with Gasteiger partial charge < -0.3 is 9.84 Å². The fourth-order valence-electron chi connectivity index (χ4n) is 3.78. The van der Waals surface area contributed by atoms with Gasteiger partial charge in [0.05, 0.1) is 0 Å². The highest BCUT2D eigenvalue weighted by atomic mass is 19.1. The molecule has 1 N–H and O–H groups in total. The average Bonchev–Trinajstić information content (AvgIpc) is 3.27. The Labute approximate surface area is 179 Å². The first kappa shape index (κ1) is 21.1. The smallest absolute Gasteiger partial charge is 0.292 e. The Kier molecular flexibility index (Phi) is 6.66. The maximum absolute atomic E-state index is 13.0. The van der Waals surface area contributed by atoms with Crippen molar-refractivity contribution in [3.63, 3.8) is 0 Å². The minimum absolute atomic E-state index is 0.0338. The van der Waals surface area contributed by atoms with E-state index in [1.807, 2.05) is 12.1 Å². The number of benzene rings is 2. The maximum Gasteiger partial charge on any atom is 0.292 e. The van der Waals surface area contributed by atoms with Crippen molar-refractivity contribution >= 4 is 5.91 Å². The first-order chi connectivity index (χ1) is 15.1. The Balaban J connectivity index is 1.18. The van der Waals surface area contributed by atoms with Gasteiger partial charge >= 0.3 is 0 Å². The molecule has 162 valence electrons. The monoisotopic (exact) mass is 426 g/mol. The van der Waals surface area contributed by atoms with Gasteiger partial charge in [0.25, 0.3) is 17.6 Å². The molecule has 8 heteroatoms. The number of nitrogens with zero attached hydrogens (tertiary/aromatic N) is 3. The maximum atomic E-state index is 13.0. The van der Waals surface area contributed by atoms with Gasteiger partial charge in [-0.1, -0.05) is 17.3 Å². The summed E-state index contributed by atoms with van der Waals surface area (Å²) in [6.07, 6.45) is 3.01. The van der Waals surface area contributed by atoms with Gasteiger partial charge in [0.1, 0.15) is 11.6 Å². The summed E-state index contributed by atoms with van der Waals surface area (Å²) in [4.78, 5) is 18.7. The van der Waals surface area contributed by atoms with Gasteiger partial charge in [-0.15, -0.1) is 0 Å². The zero-order chi connectivity index (χ0) is 21.6. The molecule has 3 aromatic rings. The van der Waals surface area contributed by atoms with Crippen LogP contribution in [-0.4, -0.2) is 40.6 Å². The van der Waals surface area contributed by atoms with Gasteiger partial charge in [0.2, 0.25) is 0 Å². The number of nitrogens with one attached hydrogen (secondary N) is 1. The standard InChI is InChI=1S/C23H24F2N4O2/c24-19-5-1-17(2-6-19)15-29-13-10-16(11-14-29)9-12-26-22(30)21-27-23(31-28-21)18-3-7-20(25)8-4-18/h1-8,16H,9-15H2,(H,26,30). The molecule has 1 saturated heterocycles. The van der Waals surface area contributed by atoms with E-state index < -0.39 is 0 Å². The zero-order valence-corrected chi connectivity index (χ0v) is 17.1. The summed E-state index contributed by atoms with van der Waals surface area (Å²) in [6.45, 7) is 3.35. The van der Waals surface area contributed by atoms with Crippen LogP contribution >= 0.6 is 0 Å². The highest BCUT2D eigenvalue weighted by Gasteiger charge is 2.20. The van der Waals surface area contributed by atoms with Gasteiger partial charge in [-0.3, -0.25) is 9.69 Å². The molecule has 2 heterocycles. The number of rotatable bonds is 7. The van der Waals surface area contributed by atoms with E-state index in [1.54, 1.807) is 0 Å². The Morgan fingerprint density at radius 2 is 1.68 bits per heavy atom. The number of halogens is 2. The van der Waals surface area contributed by atoms with Crippen LogP contribution in [0.5, 0.6) is 0 Å². The molecule has 0 aliphatic carbocycles. The van der Waals surface area contributed by atoms with Gasteiger partial charge in [-0.25, -0.2) is 8.78 Å². The van der Waals surface area contributed by atoms with Crippen molar-refractivity contribution in [1.29, 1.82) is 0 Å². The number of aromatic nitrogens is 2. The summed E-state index contributed by atoms with van der Waals surface area (Å²) in [5.74, 6) is -0.262. The molecular formula is C23H24F2N4O2. The van der Waals surface area contributed by atoms with E-state index in [4.69, 9.17) is 4.52 Å². The fraction of sp³-hybridized carbons (Fsp3) is 0.348. The summed E-state index contributed by atoms with van der Waals surface area (Å²) >= 11 is 0. The van der Waals surface area contributed by atoms with E-state index in [9.17, 15) is 13.6 Å². The van der Waals surface area contributed by atoms with Crippen molar-refractivity contribution in [2.24, 2.45) is 5.92 Å². The van der Waals surface area contributed by atoms with Crippen LogP contribution < -0.4 is 5.32 Å². The molecule has 0 radical (unpaired) electrons. The lowest BCUT2D eigenvalue weighted by atomic mass is 9.93. The molecule has 6 nitrogen and oxygen atoms in total. The third-order valence-corrected chi connectivity index (χ3v) is 5.59. The number of hydrogen-bond donors (Lipinski definition) is 1. The second-order valence-corrected chi connectivity index (χ2v) is 7.82. The van der Waals surface area contributed by atoms with Crippen molar-refractivity contribution in [1.82, 2.24) is 20.4 Å². The van der Waals surface area contributed by atoms with Gasteiger partial charge in [-0.2, -0.15) is 4.98 Å². The molecule has 0 saturated carbocycles. The normalized spacial score (nSPS) is 15.2. The Morgan fingerprint density at radius 3 is 2.35 bits per heavy atom. The molecule has 0 atom stereocenters. The summed E-state index contributed by atoms with van der Waals surface area (Å²) in [7, 11) is 0. The second kappa shape index (κ2) is 9.78. The highest BCUT2D eigenvalue weighted by Crippen LogP contribution is 2.22. The SMILES string of the molecule is O=C(NCCC1CCN(Cc2ccc(F)cc2)CC1)c1noc(-c2ccc(F)cc2)n1. The first-order valence-electron chi connectivity index (χ1n) is 10.4. The minimum Gasteiger partial charge on any atom is -0.349 e. The predicted octanol–water partition coefficient (Wildman–Crippen LogP) is 4.05. The van der Waals surface area contributed by atoms with Crippen LogP contribution in [0.15, 0.2) is 53.1 Å². The second-order valence-electron chi connectivity index (χ2n) is 7.82. The summed E-state index contributed by atoms with van der Waals surface area (Å²) in [5, 5.41) is 6.56. The van der Waals surface area contributed by atoms with Crippen LogP contribution in [0, 0.1) is 17.6 Å². The lowest BCUT2D eigenvalue weighted by Crippen LogP contribution is -2.35. The van der Waals surface area contributed by atoms with E-state index in [2.05, 4.69) is 20.4 Å². The number of piperidine rings is 1. The Bertz CT molecular complexity index is 997. The molecule has 0 spiro atoms. The van der Waals surface area contributed by atoms with Crippen molar-refractivity contribution in [3.8, 4) is 11.5 Å². The van der Waals surface area contributed by atoms with E-state index in [0.717, 1.165) is 44.5 Å². The molecule has 31 heavy (non-hydrogen) atoms. The first-order valence-corrected chi connectivity index (χ1v) is 10.4. The molecule has 2 aromatic carbocycles. The minimum atomic E-state index is -0.383. The summed E-state index contributed by atoms with van der Waals surface area (Å²) < 4.78 is 31.1. The summed E-state index contributed by atoms with van der Waals surface area (Å²) in [6, 6.07) is 12.3. The molecule has 1 aliphatic rings. The number of amides is 1.